The molecule has 0 unspecified atom stereocenters. The molecule has 88 valence electrons. The van der Waals surface area contributed by atoms with E-state index in [1.807, 2.05) is 0 Å². The van der Waals surface area contributed by atoms with Crippen molar-refractivity contribution in [3.63, 3.8) is 0 Å². The summed E-state index contributed by atoms with van der Waals surface area (Å²) in [6.07, 6.45) is 4.99. The van der Waals surface area contributed by atoms with E-state index < -0.39 is 0 Å². The zero-order valence-corrected chi connectivity index (χ0v) is 21.6. The molecular weight excluding hydrogens is 704 g/mol. The molecule has 0 fully saturated rings. The molecule has 1 aliphatic rings. The fourth-order valence-corrected chi connectivity index (χ4v) is 3.19. The van der Waals surface area contributed by atoms with Gasteiger partial charge in [-0.05, 0) is 7.14 Å². The molecule has 0 nitrogen and oxygen atoms in total. The van der Waals surface area contributed by atoms with Gasteiger partial charge in [-0.15, -0.1) is 0 Å². The number of benzene rings is 2. The molecule has 0 aromatic heterocycles. The van der Waals surface area contributed by atoms with Crippen molar-refractivity contribution in [2.75, 3.05) is 0 Å². The minimum atomic E-state index is 0. The summed E-state index contributed by atoms with van der Waals surface area (Å²) in [4.78, 5) is 0. The maximum atomic E-state index is 3.58. The second-order valence-corrected chi connectivity index (χ2v) is 6.55. The van der Waals surface area contributed by atoms with Crippen LogP contribution in [-0.4, -0.2) is 0 Å². The van der Waals surface area contributed by atoms with E-state index in [1.165, 1.54) is 54.7 Å². The monoisotopic (exact) mass is 714 g/mol. The fourth-order valence-electron chi connectivity index (χ4n) is 2.26. The molecule has 0 N–H and O–H groups in total. The Labute approximate surface area is 202 Å². The summed E-state index contributed by atoms with van der Waals surface area (Å²) >= 11 is 4.77. The van der Waals surface area contributed by atoms with Gasteiger partial charge in [0.15, 0.2) is 0 Å². The minimum absolute atomic E-state index is 0. The summed E-state index contributed by atoms with van der Waals surface area (Å²) in [7, 11) is 0. The normalized spacial score (nSPS) is 13.4. The Hall–Kier alpha value is 2.89. The average molecular weight is 714 g/mol. The first-order chi connectivity index (χ1) is 7.74. The van der Waals surface area contributed by atoms with Crippen molar-refractivity contribution >= 4 is 56.0 Å². The predicted molar refractivity (Wildman–Crippen MR) is 83.7 cm³/mol. The smallest absolute Gasteiger partial charge is 0 e. The van der Waals surface area contributed by atoms with Crippen molar-refractivity contribution < 1.29 is 82.6 Å². The van der Waals surface area contributed by atoms with Crippen molar-refractivity contribution in [2.45, 2.75) is 25.7 Å². The fraction of sp³-hybridized carbons (Fsp3) is 0.286. The summed E-state index contributed by atoms with van der Waals surface area (Å²) in [6, 6.07) is 11.6. The summed E-state index contributed by atoms with van der Waals surface area (Å²) in [6.45, 7) is 0. The number of hydrogen-bond acceptors (Lipinski definition) is 0. The van der Waals surface area contributed by atoms with Gasteiger partial charge in [-0.1, -0.05) is 70.9 Å². The molecule has 0 saturated carbocycles. The van der Waals surface area contributed by atoms with E-state index in [0.717, 1.165) is 0 Å². The maximum Gasteiger partial charge on any atom is 0 e. The van der Waals surface area contributed by atoms with E-state index in [2.05, 4.69) is 69.4 Å². The predicted octanol–water partition coefficient (Wildman–Crippen LogP) is 4.53. The van der Waals surface area contributed by atoms with Crippen molar-refractivity contribution in [2.24, 2.45) is 0 Å². The molecular formula is C14H10I2Pr2-2. The molecule has 3 rings (SSSR count). The molecule has 0 heterocycles. The van der Waals surface area contributed by atoms with Crippen LogP contribution in [0, 0.1) is 102 Å². The van der Waals surface area contributed by atoms with Gasteiger partial charge in [0, 0.05) is 82.6 Å². The van der Waals surface area contributed by atoms with E-state index in [4.69, 9.17) is 0 Å². The summed E-state index contributed by atoms with van der Waals surface area (Å²) in [5.41, 5.74) is 2.80. The van der Waals surface area contributed by atoms with Crippen LogP contribution in [0.2, 0.25) is 0 Å². The number of hydrogen-bond donors (Lipinski definition) is 0. The van der Waals surface area contributed by atoms with Crippen LogP contribution in [0.15, 0.2) is 12.1 Å². The van der Waals surface area contributed by atoms with Crippen LogP contribution in [0.5, 0.6) is 0 Å². The third-order valence-electron chi connectivity index (χ3n) is 3.10. The van der Waals surface area contributed by atoms with Crippen molar-refractivity contribution in [3.05, 3.63) is 42.5 Å². The molecule has 0 spiro atoms. The standard InChI is InChI=1S/C14H10I2.2Pr/c15-13-7-11-5-9-3-1-2-4-10(9)6-12(11)8-14(13)16;;/h7-8H,1-4H2;;/q-2;;. The van der Waals surface area contributed by atoms with Crippen LogP contribution in [0.1, 0.15) is 24.0 Å². The average Bonchev–Trinajstić information content (AvgIpc) is 2.28. The topological polar surface area (TPSA) is 0 Å². The zero-order chi connectivity index (χ0) is 11.1. The van der Waals surface area contributed by atoms with Crippen molar-refractivity contribution in [3.8, 4) is 0 Å². The molecule has 1 aliphatic carbocycles. The Kier molecular flexibility index (Phi) is 8.94. The van der Waals surface area contributed by atoms with Crippen molar-refractivity contribution in [1.29, 1.82) is 0 Å². The van der Waals surface area contributed by atoms with Gasteiger partial charge < -0.3 is 0 Å². The van der Waals surface area contributed by atoms with Crippen LogP contribution in [0.3, 0.4) is 0 Å². The Morgan fingerprint density at radius 1 is 0.778 bits per heavy atom. The molecule has 2 aromatic rings. The first kappa shape index (κ1) is 18.9. The van der Waals surface area contributed by atoms with Gasteiger partial charge in [0.2, 0.25) is 0 Å². The van der Waals surface area contributed by atoms with E-state index in [0.29, 0.717) is 0 Å². The van der Waals surface area contributed by atoms with Crippen LogP contribution >= 0.6 is 45.2 Å². The summed E-state index contributed by atoms with van der Waals surface area (Å²) in [5.74, 6) is 0. The van der Waals surface area contributed by atoms with E-state index >= 15 is 0 Å². The van der Waals surface area contributed by atoms with Crippen molar-refractivity contribution in [1.82, 2.24) is 0 Å². The number of aryl methyl sites for hydroxylation is 2. The molecule has 0 atom stereocenters. The SMILES string of the molecule is Ic1cc2[c-]c3c([c-]c2cc1I)CCCC3.[Pr].[Pr]. The second kappa shape index (κ2) is 8.50. The van der Waals surface area contributed by atoms with Gasteiger partial charge in [0.1, 0.15) is 0 Å². The van der Waals surface area contributed by atoms with Gasteiger partial charge in [-0.2, -0.15) is 12.1 Å². The number of fused-ring (bicyclic) bond motifs is 2. The Morgan fingerprint density at radius 2 is 1.17 bits per heavy atom. The Morgan fingerprint density at radius 3 is 1.56 bits per heavy atom. The van der Waals surface area contributed by atoms with Crippen LogP contribution in [0.4, 0.5) is 0 Å². The molecule has 2 aromatic carbocycles. The molecule has 2 radical (unpaired) electrons. The first-order valence-electron chi connectivity index (χ1n) is 5.49. The van der Waals surface area contributed by atoms with E-state index in [-0.39, 0.29) is 82.6 Å². The molecule has 0 saturated heterocycles. The van der Waals surface area contributed by atoms with Gasteiger partial charge in [0.05, 0.1) is 0 Å². The third kappa shape index (κ3) is 4.21. The second-order valence-electron chi connectivity index (χ2n) is 4.23. The van der Waals surface area contributed by atoms with Gasteiger partial charge in [-0.25, -0.2) is 34.0 Å². The third-order valence-corrected chi connectivity index (χ3v) is 5.92. The van der Waals surface area contributed by atoms with Crippen LogP contribution in [0.25, 0.3) is 10.8 Å². The van der Waals surface area contributed by atoms with Gasteiger partial charge in [-0.3, -0.25) is 0 Å². The first-order valence-corrected chi connectivity index (χ1v) is 7.65. The molecule has 4 heteroatoms. The van der Waals surface area contributed by atoms with Gasteiger partial charge >= 0.3 is 0 Å². The molecule has 0 amide bonds. The Bertz CT molecular complexity index is 517. The summed E-state index contributed by atoms with van der Waals surface area (Å²) < 4.78 is 2.62. The number of halogens is 2. The molecule has 0 aliphatic heterocycles. The quantitative estimate of drug-likeness (QED) is 0.279. The number of rotatable bonds is 0. The maximum absolute atomic E-state index is 3.58. The van der Waals surface area contributed by atoms with Crippen LogP contribution in [-0.2, 0) is 12.8 Å². The molecule has 0 bridgehead atoms. The van der Waals surface area contributed by atoms with Gasteiger partial charge in [0.25, 0.3) is 0 Å². The van der Waals surface area contributed by atoms with E-state index in [1.54, 1.807) is 0 Å². The largest absolute Gasteiger partial charge is 0.242 e. The van der Waals surface area contributed by atoms with E-state index in [9.17, 15) is 0 Å². The molecule has 18 heavy (non-hydrogen) atoms. The van der Waals surface area contributed by atoms with Crippen LogP contribution < -0.4 is 0 Å². The zero-order valence-electron chi connectivity index (χ0n) is 9.89. The minimum Gasteiger partial charge on any atom is -0.242 e. The Balaban J connectivity index is 0.000000810. The summed E-state index contributed by atoms with van der Waals surface area (Å²) in [5, 5.41) is 2.45.